The Hall–Kier alpha value is -4.13. The number of hydrogen-bond donors (Lipinski definition) is 0. The number of hydrogen-bond acceptors (Lipinski definition) is 4. The molecule has 0 fully saturated rings. The van der Waals surface area contributed by atoms with Crippen LogP contribution in [0.1, 0.15) is 15.9 Å². The number of rotatable bonds is 6. The van der Waals surface area contributed by atoms with Crippen LogP contribution >= 0.6 is 0 Å². The van der Waals surface area contributed by atoms with Crippen molar-refractivity contribution in [3.05, 3.63) is 96.2 Å². The second kappa shape index (κ2) is 8.78. The molecule has 166 valence electrons. The third kappa shape index (κ3) is 4.57. The van der Waals surface area contributed by atoms with Gasteiger partial charge in [-0.15, -0.1) is 0 Å². The first-order valence-corrected chi connectivity index (χ1v) is 10.6. The Morgan fingerprint density at radius 2 is 1.88 bits per heavy atom. The fourth-order valence-corrected chi connectivity index (χ4v) is 3.75. The molecule has 0 spiro atoms. The molecule has 0 unspecified atom stereocenters. The van der Waals surface area contributed by atoms with Crippen molar-refractivity contribution < 1.29 is 18.7 Å². The van der Waals surface area contributed by atoms with Crippen LogP contribution in [0.25, 0.3) is 11.3 Å². The number of fused-ring (bicyclic) bond motifs is 1. The van der Waals surface area contributed by atoms with E-state index >= 15 is 0 Å². The quantitative estimate of drug-likeness (QED) is 0.418. The lowest BCUT2D eigenvalue weighted by Crippen LogP contribution is -2.39. The molecule has 1 amide bonds. The number of pyridine rings is 1. The van der Waals surface area contributed by atoms with Gasteiger partial charge < -0.3 is 18.9 Å². The highest BCUT2D eigenvalue weighted by atomic mass is 19.1. The van der Waals surface area contributed by atoms with E-state index in [2.05, 4.69) is 4.98 Å². The SMILES string of the molecule is Cn1ccc(-c2cc(Oc3ccc4c(c3)C(=O)N(CCc3ccc(F)cc3)CO4)ccn2)c1. The molecular formula is C26H22FN3O3. The van der Waals surface area contributed by atoms with Crippen LogP contribution in [0.2, 0.25) is 0 Å². The van der Waals surface area contributed by atoms with Gasteiger partial charge in [-0.1, -0.05) is 12.1 Å². The van der Waals surface area contributed by atoms with E-state index in [0.717, 1.165) is 16.8 Å². The molecule has 2 aromatic heterocycles. The molecule has 0 radical (unpaired) electrons. The van der Waals surface area contributed by atoms with Crippen LogP contribution in [0.4, 0.5) is 4.39 Å². The fraction of sp³-hybridized carbons (Fsp3) is 0.154. The van der Waals surface area contributed by atoms with Crippen molar-refractivity contribution in [3.8, 4) is 28.5 Å². The van der Waals surface area contributed by atoms with E-state index in [0.29, 0.717) is 35.8 Å². The van der Waals surface area contributed by atoms with Crippen molar-refractivity contribution in [2.75, 3.05) is 13.3 Å². The molecule has 0 aliphatic carbocycles. The molecule has 2 aromatic carbocycles. The third-order valence-electron chi connectivity index (χ3n) is 5.52. The van der Waals surface area contributed by atoms with Gasteiger partial charge >= 0.3 is 0 Å². The molecular weight excluding hydrogens is 421 g/mol. The molecule has 0 atom stereocenters. The lowest BCUT2D eigenvalue weighted by Gasteiger charge is -2.29. The largest absolute Gasteiger partial charge is 0.472 e. The van der Waals surface area contributed by atoms with Crippen molar-refractivity contribution >= 4 is 5.91 Å². The number of aryl methyl sites for hydroxylation is 1. The van der Waals surface area contributed by atoms with Crippen LogP contribution in [0.5, 0.6) is 17.2 Å². The molecule has 0 bridgehead atoms. The Labute approximate surface area is 190 Å². The molecule has 3 heterocycles. The van der Waals surface area contributed by atoms with Crippen LogP contribution in [-0.2, 0) is 13.5 Å². The Balaban J connectivity index is 1.30. The standard InChI is InChI=1S/C26H22FN3O3/c1-29-12-10-19(16-29)24-15-22(8-11-28-24)33-21-6-7-25-23(14-21)26(31)30(17-32-25)13-9-18-2-4-20(27)5-3-18/h2-8,10-12,14-16H,9,13,17H2,1H3. The van der Waals surface area contributed by atoms with Gasteiger partial charge in [0.25, 0.3) is 5.91 Å². The van der Waals surface area contributed by atoms with E-state index in [1.807, 2.05) is 36.1 Å². The predicted molar refractivity (Wildman–Crippen MR) is 122 cm³/mol. The van der Waals surface area contributed by atoms with Gasteiger partial charge in [0, 0.05) is 43.8 Å². The number of halogens is 1. The molecule has 33 heavy (non-hydrogen) atoms. The van der Waals surface area contributed by atoms with Crippen LogP contribution in [0.3, 0.4) is 0 Å². The highest BCUT2D eigenvalue weighted by Crippen LogP contribution is 2.32. The topological polar surface area (TPSA) is 56.6 Å². The normalized spacial score (nSPS) is 12.9. The average molecular weight is 443 g/mol. The maximum absolute atomic E-state index is 13.1. The second-order valence-corrected chi connectivity index (χ2v) is 7.92. The lowest BCUT2D eigenvalue weighted by molar-refractivity contribution is 0.0524. The molecule has 0 saturated carbocycles. The summed E-state index contributed by atoms with van der Waals surface area (Å²) < 4.78 is 26.9. The predicted octanol–water partition coefficient (Wildman–Crippen LogP) is 5.05. The first-order chi connectivity index (χ1) is 16.0. The van der Waals surface area contributed by atoms with Gasteiger partial charge in [-0.3, -0.25) is 9.78 Å². The van der Waals surface area contributed by atoms with E-state index in [1.54, 1.807) is 47.5 Å². The lowest BCUT2D eigenvalue weighted by atomic mass is 10.1. The van der Waals surface area contributed by atoms with Crippen molar-refractivity contribution in [2.24, 2.45) is 7.05 Å². The molecule has 5 rings (SSSR count). The third-order valence-corrected chi connectivity index (χ3v) is 5.52. The van der Waals surface area contributed by atoms with E-state index in [-0.39, 0.29) is 18.5 Å². The van der Waals surface area contributed by atoms with Crippen molar-refractivity contribution in [1.82, 2.24) is 14.5 Å². The van der Waals surface area contributed by atoms with Gasteiger partial charge in [0.2, 0.25) is 0 Å². The highest BCUT2D eigenvalue weighted by molar-refractivity contribution is 5.98. The summed E-state index contributed by atoms with van der Waals surface area (Å²) in [5.74, 6) is 1.30. The maximum atomic E-state index is 13.1. The van der Waals surface area contributed by atoms with Gasteiger partial charge in [-0.2, -0.15) is 0 Å². The molecule has 1 aliphatic rings. The zero-order valence-corrected chi connectivity index (χ0v) is 18.1. The first-order valence-electron chi connectivity index (χ1n) is 10.6. The summed E-state index contributed by atoms with van der Waals surface area (Å²) in [4.78, 5) is 19.1. The van der Waals surface area contributed by atoms with Gasteiger partial charge in [0.15, 0.2) is 6.73 Å². The van der Waals surface area contributed by atoms with E-state index in [1.165, 1.54) is 12.1 Å². The Morgan fingerprint density at radius 3 is 2.67 bits per heavy atom. The van der Waals surface area contributed by atoms with E-state index in [9.17, 15) is 9.18 Å². The van der Waals surface area contributed by atoms with Gasteiger partial charge in [0.05, 0.1) is 11.3 Å². The number of benzene rings is 2. The Kier molecular flexibility index (Phi) is 5.52. The summed E-state index contributed by atoms with van der Waals surface area (Å²) in [6.45, 7) is 0.651. The first kappa shape index (κ1) is 20.8. The van der Waals surface area contributed by atoms with E-state index < -0.39 is 0 Å². The van der Waals surface area contributed by atoms with Crippen LogP contribution in [0, 0.1) is 5.82 Å². The minimum absolute atomic E-state index is 0.122. The van der Waals surface area contributed by atoms with Gasteiger partial charge in [-0.25, -0.2) is 4.39 Å². The van der Waals surface area contributed by atoms with Crippen LogP contribution in [0.15, 0.2) is 79.3 Å². The van der Waals surface area contributed by atoms with Crippen LogP contribution in [-0.4, -0.2) is 33.6 Å². The molecule has 6 nitrogen and oxygen atoms in total. The smallest absolute Gasteiger partial charge is 0.260 e. The molecule has 7 heteroatoms. The van der Waals surface area contributed by atoms with Crippen molar-refractivity contribution in [2.45, 2.75) is 6.42 Å². The summed E-state index contributed by atoms with van der Waals surface area (Å²) in [5.41, 5.74) is 3.21. The van der Waals surface area contributed by atoms with Gasteiger partial charge in [-0.05, 0) is 54.4 Å². The monoisotopic (exact) mass is 443 g/mol. The van der Waals surface area contributed by atoms with Crippen molar-refractivity contribution in [1.29, 1.82) is 0 Å². The molecule has 1 aliphatic heterocycles. The second-order valence-electron chi connectivity index (χ2n) is 7.92. The number of nitrogens with zero attached hydrogens (tertiary/aromatic N) is 3. The summed E-state index contributed by atoms with van der Waals surface area (Å²) in [5, 5.41) is 0. The van der Waals surface area contributed by atoms with Gasteiger partial charge in [0.1, 0.15) is 23.1 Å². The summed E-state index contributed by atoms with van der Waals surface area (Å²) in [7, 11) is 1.96. The summed E-state index contributed by atoms with van der Waals surface area (Å²) >= 11 is 0. The molecule has 0 saturated heterocycles. The molecule has 4 aromatic rings. The number of aromatic nitrogens is 2. The Morgan fingerprint density at radius 1 is 1.06 bits per heavy atom. The summed E-state index contributed by atoms with van der Waals surface area (Å²) in [6, 6.07) is 17.2. The zero-order chi connectivity index (χ0) is 22.8. The minimum atomic E-state index is -0.275. The Bertz CT molecular complexity index is 1300. The summed E-state index contributed by atoms with van der Waals surface area (Å²) in [6.07, 6.45) is 6.25. The number of amides is 1. The van der Waals surface area contributed by atoms with Crippen molar-refractivity contribution in [3.63, 3.8) is 0 Å². The number of ether oxygens (including phenoxy) is 2. The highest BCUT2D eigenvalue weighted by Gasteiger charge is 2.26. The van der Waals surface area contributed by atoms with Crippen LogP contribution < -0.4 is 9.47 Å². The fourth-order valence-electron chi connectivity index (χ4n) is 3.75. The zero-order valence-electron chi connectivity index (χ0n) is 18.1. The average Bonchev–Trinajstić information content (AvgIpc) is 3.27. The maximum Gasteiger partial charge on any atom is 0.260 e. The minimum Gasteiger partial charge on any atom is -0.472 e. The molecule has 0 N–H and O–H groups in total. The van der Waals surface area contributed by atoms with E-state index in [4.69, 9.17) is 9.47 Å². The number of carbonyl (C=O) groups excluding carboxylic acids is 1. The number of carbonyl (C=O) groups is 1.